The third-order valence-electron chi connectivity index (χ3n) is 2.34. The second-order valence-electron chi connectivity index (χ2n) is 5.15. The summed E-state index contributed by atoms with van der Waals surface area (Å²) in [4.78, 5) is 11.3. The van der Waals surface area contributed by atoms with Crippen LogP contribution in [0.15, 0.2) is 23.3 Å². The standard InChI is InChI=1S/C15H26O2/c1-12(2)7-6-8-14(5)9-10-17-15(16)11-13(3)4/h7,9,13H,6,8,10-11H2,1-5H3. The van der Waals surface area contributed by atoms with E-state index in [9.17, 15) is 4.79 Å². The molecular weight excluding hydrogens is 212 g/mol. The average Bonchev–Trinajstić information content (AvgIpc) is 2.15. The normalized spacial score (nSPS) is 11.5. The Balaban J connectivity index is 3.76. The molecule has 98 valence electrons. The van der Waals surface area contributed by atoms with Crippen LogP contribution in [0.4, 0.5) is 0 Å². The van der Waals surface area contributed by atoms with Crippen LogP contribution in [-0.2, 0) is 9.53 Å². The fourth-order valence-corrected chi connectivity index (χ4v) is 1.36. The van der Waals surface area contributed by atoms with Crippen molar-refractivity contribution >= 4 is 5.97 Å². The van der Waals surface area contributed by atoms with Gasteiger partial charge in [-0.3, -0.25) is 4.79 Å². The molecule has 0 saturated carbocycles. The highest BCUT2D eigenvalue weighted by Crippen LogP contribution is 2.07. The van der Waals surface area contributed by atoms with E-state index in [-0.39, 0.29) is 5.97 Å². The van der Waals surface area contributed by atoms with Gasteiger partial charge in [-0.05, 0) is 45.6 Å². The molecule has 0 radical (unpaired) electrons. The lowest BCUT2D eigenvalue weighted by molar-refractivity contribution is -0.143. The number of allylic oxidation sites excluding steroid dienone is 3. The van der Waals surface area contributed by atoms with Crippen LogP contribution < -0.4 is 0 Å². The molecule has 0 N–H and O–H groups in total. The molecule has 0 amide bonds. The second kappa shape index (κ2) is 9.03. The molecule has 0 heterocycles. The van der Waals surface area contributed by atoms with Gasteiger partial charge in [0.25, 0.3) is 0 Å². The summed E-state index contributed by atoms with van der Waals surface area (Å²) in [5, 5.41) is 0. The fourth-order valence-electron chi connectivity index (χ4n) is 1.36. The van der Waals surface area contributed by atoms with Crippen molar-refractivity contribution in [3.63, 3.8) is 0 Å². The monoisotopic (exact) mass is 238 g/mol. The zero-order valence-corrected chi connectivity index (χ0v) is 11.9. The average molecular weight is 238 g/mol. The molecule has 17 heavy (non-hydrogen) atoms. The highest BCUT2D eigenvalue weighted by Gasteiger charge is 2.04. The molecule has 0 aromatic rings. The molecule has 0 aliphatic rings. The van der Waals surface area contributed by atoms with Gasteiger partial charge in [-0.2, -0.15) is 0 Å². The summed E-state index contributed by atoms with van der Waals surface area (Å²) < 4.78 is 5.12. The van der Waals surface area contributed by atoms with Crippen molar-refractivity contribution in [2.24, 2.45) is 5.92 Å². The van der Waals surface area contributed by atoms with E-state index in [0.29, 0.717) is 18.9 Å². The minimum Gasteiger partial charge on any atom is -0.461 e. The number of ether oxygens (including phenoxy) is 1. The van der Waals surface area contributed by atoms with Gasteiger partial charge < -0.3 is 4.74 Å². The van der Waals surface area contributed by atoms with Crippen LogP contribution in [0.25, 0.3) is 0 Å². The van der Waals surface area contributed by atoms with Crippen LogP contribution in [0.5, 0.6) is 0 Å². The molecule has 0 spiro atoms. The maximum absolute atomic E-state index is 11.3. The molecular formula is C15H26O2. The summed E-state index contributed by atoms with van der Waals surface area (Å²) in [6.07, 6.45) is 6.82. The van der Waals surface area contributed by atoms with Gasteiger partial charge in [-0.1, -0.05) is 31.1 Å². The SMILES string of the molecule is CC(C)=CCCC(C)=CCOC(=O)CC(C)C. The van der Waals surface area contributed by atoms with Crippen molar-refractivity contribution in [3.8, 4) is 0 Å². The fraction of sp³-hybridized carbons (Fsp3) is 0.667. The summed E-state index contributed by atoms with van der Waals surface area (Å²) in [7, 11) is 0. The van der Waals surface area contributed by atoms with Crippen molar-refractivity contribution in [2.75, 3.05) is 6.61 Å². The Morgan fingerprint density at radius 1 is 1.18 bits per heavy atom. The first-order valence-electron chi connectivity index (χ1n) is 6.36. The maximum atomic E-state index is 11.3. The van der Waals surface area contributed by atoms with E-state index in [0.717, 1.165) is 12.8 Å². The Morgan fingerprint density at radius 3 is 2.35 bits per heavy atom. The molecule has 0 aliphatic heterocycles. The van der Waals surface area contributed by atoms with E-state index in [2.05, 4.69) is 26.8 Å². The highest BCUT2D eigenvalue weighted by molar-refractivity contribution is 5.69. The Morgan fingerprint density at radius 2 is 1.82 bits per heavy atom. The molecule has 0 saturated heterocycles. The van der Waals surface area contributed by atoms with Crippen LogP contribution in [0, 0.1) is 5.92 Å². The Kier molecular flexibility index (Phi) is 8.47. The minimum atomic E-state index is -0.103. The van der Waals surface area contributed by atoms with Crippen molar-refractivity contribution in [1.29, 1.82) is 0 Å². The molecule has 0 aliphatic carbocycles. The largest absolute Gasteiger partial charge is 0.461 e. The lowest BCUT2D eigenvalue weighted by Gasteiger charge is -2.05. The quantitative estimate of drug-likeness (QED) is 0.489. The van der Waals surface area contributed by atoms with Gasteiger partial charge >= 0.3 is 5.97 Å². The molecule has 0 aromatic heterocycles. The first-order chi connectivity index (χ1) is 7.91. The van der Waals surface area contributed by atoms with E-state index >= 15 is 0 Å². The van der Waals surface area contributed by atoms with Crippen molar-refractivity contribution in [3.05, 3.63) is 23.3 Å². The molecule has 0 rings (SSSR count). The van der Waals surface area contributed by atoms with Gasteiger partial charge in [0.15, 0.2) is 0 Å². The smallest absolute Gasteiger partial charge is 0.306 e. The van der Waals surface area contributed by atoms with Crippen LogP contribution in [-0.4, -0.2) is 12.6 Å². The number of hydrogen-bond donors (Lipinski definition) is 0. The lowest BCUT2D eigenvalue weighted by Crippen LogP contribution is -2.07. The number of rotatable bonds is 7. The number of hydrogen-bond acceptors (Lipinski definition) is 2. The highest BCUT2D eigenvalue weighted by atomic mass is 16.5. The summed E-state index contributed by atoms with van der Waals surface area (Å²) in [5.74, 6) is 0.263. The zero-order valence-electron chi connectivity index (χ0n) is 11.9. The first kappa shape index (κ1) is 16.0. The molecule has 0 unspecified atom stereocenters. The third kappa shape index (κ3) is 11.2. The molecule has 0 atom stereocenters. The maximum Gasteiger partial charge on any atom is 0.306 e. The van der Waals surface area contributed by atoms with Crippen LogP contribution in [0.1, 0.15) is 53.9 Å². The second-order valence-corrected chi connectivity index (χ2v) is 5.15. The van der Waals surface area contributed by atoms with Crippen molar-refractivity contribution < 1.29 is 9.53 Å². The minimum absolute atomic E-state index is 0.103. The zero-order chi connectivity index (χ0) is 13.3. The lowest BCUT2D eigenvalue weighted by atomic mass is 10.1. The van der Waals surface area contributed by atoms with Gasteiger partial charge in [0.05, 0.1) is 0 Å². The molecule has 0 fully saturated rings. The van der Waals surface area contributed by atoms with Crippen LogP contribution in [0.2, 0.25) is 0 Å². The summed E-state index contributed by atoms with van der Waals surface area (Å²) in [5.41, 5.74) is 2.63. The molecule has 2 heteroatoms. The Labute approximate surface area is 106 Å². The Bertz CT molecular complexity index is 281. The summed E-state index contributed by atoms with van der Waals surface area (Å²) >= 11 is 0. The van der Waals surface area contributed by atoms with Gasteiger partial charge in [0.2, 0.25) is 0 Å². The van der Waals surface area contributed by atoms with E-state index < -0.39 is 0 Å². The summed E-state index contributed by atoms with van der Waals surface area (Å²) in [6.45, 7) is 10.7. The third-order valence-corrected chi connectivity index (χ3v) is 2.34. The van der Waals surface area contributed by atoms with Crippen molar-refractivity contribution in [1.82, 2.24) is 0 Å². The molecule has 0 bridgehead atoms. The van der Waals surface area contributed by atoms with Gasteiger partial charge in [0.1, 0.15) is 6.61 Å². The van der Waals surface area contributed by atoms with Gasteiger partial charge in [0, 0.05) is 6.42 Å². The molecule has 2 nitrogen and oxygen atoms in total. The predicted octanol–water partition coefficient (Wildman–Crippen LogP) is 4.27. The van der Waals surface area contributed by atoms with Crippen LogP contribution in [0.3, 0.4) is 0 Å². The van der Waals surface area contributed by atoms with E-state index in [1.807, 2.05) is 19.9 Å². The summed E-state index contributed by atoms with van der Waals surface area (Å²) in [6, 6.07) is 0. The Hall–Kier alpha value is -1.05. The van der Waals surface area contributed by atoms with Crippen LogP contribution >= 0.6 is 0 Å². The van der Waals surface area contributed by atoms with Gasteiger partial charge in [-0.25, -0.2) is 0 Å². The number of esters is 1. The van der Waals surface area contributed by atoms with Crippen molar-refractivity contribution in [2.45, 2.75) is 53.9 Å². The number of carbonyl (C=O) groups is 1. The molecule has 0 aromatic carbocycles. The van der Waals surface area contributed by atoms with E-state index in [1.54, 1.807) is 0 Å². The number of carbonyl (C=O) groups excluding carboxylic acids is 1. The predicted molar refractivity (Wildman–Crippen MR) is 72.8 cm³/mol. The van der Waals surface area contributed by atoms with Gasteiger partial charge in [-0.15, -0.1) is 0 Å². The topological polar surface area (TPSA) is 26.3 Å². The van der Waals surface area contributed by atoms with E-state index in [1.165, 1.54) is 11.1 Å². The van der Waals surface area contributed by atoms with E-state index in [4.69, 9.17) is 4.74 Å². The first-order valence-corrected chi connectivity index (χ1v) is 6.36.